The second kappa shape index (κ2) is 4.84. The second-order valence-corrected chi connectivity index (χ2v) is 4.87. The maximum atomic E-state index is 10.8. The topological polar surface area (TPSA) is 69.2 Å². The quantitative estimate of drug-likeness (QED) is 0.645. The number of rotatable bonds is 3. The van der Waals surface area contributed by atoms with Gasteiger partial charge in [0.15, 0.2) is 0 Å². The van der Waals surface area contributed by atoms with Crippen molar-refractivity contribution in [1.82, 2.24) is 0 Å². The van der Waals surface area contributed by atoms with E-state index in [2.05, 4.69) is 0 Å². The third-order valence-electron chi connectivity index (χ3n) is 3.74. The fourth-order valence-electron chi connectivity index (χ4n) is 2.67. The lowest BCUT2D eigenvalue weighted by Gasteiger charge is -2.20. The molecule has 1 aromatic carbocycles. The lowest BCUT2D eigenvalue weighted by atomic mass is 9.89. The predicted octanol–water partition coefficient (Wildman–Crippen LogP) is 3.09. The fraction of sp³-hybridized carbons (Fsp3) is 0.538. The van der Waals surface area contributed by atoms with E-state index in [0.717, 1.165) is 24.0 Å². The van der Waals surface area contributed by atoms with Crippen LogP contribution in [0.25, 0.3) is 0 Å². The Bertz CT molecular complexity index is 425. The van der Waals surface area contributed by atoms with E-state index in [-0.39, 0.29) is 16.7 Å². The van der Waals surface area contributed by atoms with Crippen molar-refractivity contribution in [2.75, 3.05) is 0 Å². The first-order valence-electron chi connectivity index (χ1n) is 6.10. The minimum atomic E-state index is -0.357. The van der Waals surface area contributed by atoms with E-state index in [1.54, 1.807) is 18.2 Å². The minimum Gasteiger partial charge on any atom is -0.324 e. The summed E-state index contributed by atoms with van der Waals surface area (Å²) in [5, 5.41) is 10.8. The van der Waals surface area contributed by atoms with E-state index >= 15 is 0 Å². The summed E-state index contributed by atoms with van der Waals surface area (Å²) in [5.74, 6) is 0.482. The first-order valence-corrected chi connectivity index (χ1v) is 6.10. The summed E-state index contributed by atoms with van der Waals surface area (Å²) < 4.78 is 0. The summed E-state index contributed by atoms with van der Waals surface area (Å²) in [6.45, 7) is 1.97. The number of nitro groups is 1. The van der Waals surface area contributed by atoms with E-state index < -0.39 is 0 Å². The molecule has 0 spiro atoms. The van der Waals surface area contributed by atoms with Crippen LogP contribution in [0.2, 0.25) is 0 Å². The Morgan fingerprint density at radius 2 is 2.06 bits per heavy atom. The van der Waals surface area contributed by atoms with Gasteiger partial charge in [-0.2, -0.15) is 0 Å². The molecule has 1 fully saturated rings. The standard InChI is InChI=1S/C13H18N2O2/c1-9-6-7-11(15(16)17)8-12(9)13(14)10-4-2-3-5-10/h6-8,10,13H,2-5,14H2,1H3. The van der Waals surface area contributed by atoms with Crippen molar-refractivity contribution < 1.29 is 4.92 Å². The molecule has 0 bridgehead atoms. The van der Waals surface area contributed by atoms with Crippen molar-refractivity contribution in [2.24, 2.45) is 11.7 Å². The highest BCUT2D eigenvalue weighted by Crippen LogP contribution is 2.36. The van der Waals surface area contributed by atoms with Gasteiger partial charge in [0.05, 0.1) is 4.92 Å². The number of non-ortho nitro benzene ring substituents is 1. The van der Waals surface area contributed by atoms with Gasteiger partial charge in [0.25, 0.3) is 5.69 Å². The maximum absolute atomic E-state index is 10.8. The fourth-order valence-corrected chi connectivity index (χ4v) is 2.67. The summed E-state index contributed by atoms with van der Waals surface area (Å²) in [5.41, 5.74) is 8.37. The SMILES string of the molecule is Cc1ccc([N+](=O)[O-])cc1C(N)C1CCCC1. The summed E-state index contributed by atoms with van der Waals surface area (Å²) in [4.78, 5) is 10.4. The van der Waals surface area contributed by atoms with Gasteiger partial charge in [-0.05, 0) is 36.8 Å². The molecule has 0 heterocycles. The monoisotopic (exact) mass is 234 g/mol. The highest BCUT2D eigenvalue weighted by molar-refractivity contribution is 5.41. The highest BCUT2D eigenvalue weighted by atomic mass is 16.6. The van der Waals surface area contributed by atoms with E-state index in [0.29, 0.717) is 5.92 Å². The zero-order chi connectivity index (χ0) is 12.4. The van der Waals surface area contributed by atoms with Crippen LogP contribution in [0.15, 0.2) is 18.2 Å². The van der Waals surface area contributed by atoms with Gasteiger partial charge in [-0.15, -0.1) is 0 Å². The molecule has 0 aliphatic heterocycles. The van der Waals surface area contributed by atoms with Crippen molar-refractivity contribution in [2.45, 2.75) is 38.6 Å². The second-order valence-electron chi connectivity index (χ2n) is 4.87. The van der Waals surface area contributed by atoms with Crippen LogP contribution in [0.5, 0.6) is 0 Å². The molecule has 1 saturated carbocycles. The summed E-state index contributed by atoms with van der Waals surface area (Å²) in [6.07, 6.45) is 4.74. The Balaban J connectivity index is 2.29. The largest absolute Gasteiger partial charge is 0.324 e. The van der Waals surface area contributed by atoms with Gasteiger partial charge >= 0.3 is 0 Å². The molecule has 1 atom stereocenters. The van der Waals surface area contributed by atoms with E-state index in [9.17, 15) is 10.1 Å². The number of aryl methyl sites for hydroxylation is 1. The van der Waals surface area contributed by atoms with Gasteiger partial charge in [0, 0.05) is 18.2 Å². The van der Waals surface area contributed by atoms with E-state index in [4.69, 9.17) is 5.73 Å². The summed E-state index contributed by atoms with van der Waals surface area (Å²) >= 11 is 0. The lowest BCUT2D eigenvalue weighted by molar-refractivity contribution is -0.385. The Morgan fingerprint density at radius 3 is 2.65 bits per heavy atom. The van der Waals surface area contributed by atoms with Crippen LogP contribution in [-0.4, -0.2) is 4.92 Å². The van der Waals surface area contributed by atoms with Crippen LogP contribution in [0.1, 0.15) is 42.9 Å². The third-order valence-corrected chi connectivity index (χ3v) is 3.74. The van der Waals surface area contributed by atoms with E-state index in [1.165, 1.54) is 12.8 Å². The average Bonchev–Trinajstić information content (AvgIpc) is 2.81. The van der Waals surface area contributed by atoms with Gasteiger partial charge < -0.3 is 5.73 Å². The van der Waals surface area contributed by atoms with Crippen LogP contribution in [-0.2, 0) is 0 Å². The smallest absolute Gasteiger partial charge is 0.269 e. The van der Waals surface area contributed by atoms with Gasteiger partial charge in [-0.25, -0.2) is 0 Å². The van der Waals surface area contributed by atoms with Crippen LogP contribution in [0, 0.1) is 23.0 Å². The normalized spacial score (nSPS) is 18.2. The van der Waals surface area contributed by atoms with Crippen molar-refractivity contribution >= 4 is 5.69 Å². The first kappa shape index (κ1) is 12.0. The van der Waals surface area contributed by atoms with Crippen molar-refractivity contribution in [3.05, 3.63) is 39.4 Å². The molecular weight excluding hydrogens is 216 g/mol. The lowest BCUT2D eigenvalue weighted by Crippen LogP contribution is -2.20. The highest BCUT2D eigenvalue weighted by Gasteiger charge is 2.25. The van der Waals surface area contributed by atoms with Crippen LogP contribution >= 0.6 is 0 Å². The number of nitro benzene ring substituents is 1. The molecule has 2 N–H and O–H groups in total. The molecule has 0 saturated heterocycles. The van der Waals surface area contributed by atoms with Crippen molar-refractivity contribution in [1.29, 1.82) is 0 Å². The van der Waals surface area contributed by atoms with Gasteiger partial charge in [0.1, 0.15) is 0 Å². The zero-order valence-corrected chi connectivity index (χ0v) is 10.1. The number of nitrogens with two attached hydrogens (primary N) is 1. The van der Waals surface area contributed by atoms with Crippen LogP contribution < -0.4 is 5.73 Å². The molecule has 0 radical (unpaired) electrons. The Labute approximate surface area is 101 Å². The number of hydrogen-bond acceptors (Lipinski definition) is 3. The molecular formula is C13H18N2O2. The molecule has 92 valence electrons. The predicted molar refractivity (Wildman–Crippen MR) is 66.7 cm³/mol. The molecule has 1 unspecified atom stereocenters. The molecule has 4 heteroatoms. The number of benzene rings is 1. The zero-order valence-electron chi connectivity index (χ0n) is 10.1. The molecule has 4 nitrogen and oxygen atoms in total. The maximum Gasteiger partial charge on any atom is 0.269 e. The Kier molecular flexibility index (Phi) is 3.43. The first-order chi connectivity index (χ1) is 8.09. The molecule has 0 amide bonds. The van der Waals surface area contributed by atoms with Crippen LogP contribution in [0.3, 0.4) is 0 Å². The molecule has 1 aromatic rings. The van der Waals surface area contributed by atoms with Crippen LogP contribution in [0.4, 0.5) is 5.69 Å². The number of nitrogens with zero attached hydrogens (tertiary/aromatic N) is 1. The molecule has 0 aromatic heterocycles. The molecule has 2 rings (SSSR count). The van der Waals surface area contributed by atoms with E-state index in [1.807, 2.05) is 6.92 Å². The summed E-state index contributed by atoms with van der Waals surface area (Å²) in [6, 6.07) is 4.92. The van der Waals surface area contributed by atoms with Gasteiger partial charge in [0.2, 0.25) is 0 Å². The Morgan fingerprint density at radius 1 is 1.41 bits per heavy atom. The average molecular weight is 234 g/mol. The summed E-state index contributed by atoms with van der Waals surface area (Å²) in [7, 11) is 0. The third kappa shape index (κ3) is 2.47. The minimum absolute atomic E-state index is 0.0580. The number of hydrogen-bond donors (Lipinski definition) is 1. The van der Waals surface area contributed by atoms with Crippen molar-refractivity contribution in [3.8, 4) is 0 Å². The Hall–Kier alpha value is -1.42. The molecule has 1 aliphatic carbocycles. The molecule has 17 heavy (non-hydrogen) atoms. The van der Waals surface area contributed by atoms with Gasteiger partial charge in [-0.3, -0.25) is 10.1 Å². The molecule has 1 aliphatic rings. The van der Waals surface area contributed by atoms with Crippen molar-refractivity contribution in [3.63, 3.8) is 0 Å². The van der Waals surface area contributed by atoms with Gasteiger partial charge in [-0.1, -0.05) is 18.9 Å².